The summed E-state index contributed by atoms with van der Waals surface area (Å²) in [5.41, 5.74) is 1.10. The number of thiophene rings is 1. The van der Waals surface area contributed by atoms with Crippen molar-refractivity contribution in [2.75, 3.05) is 11.5 Å². The van der Waals surface area contributed by atoms with E-state index in [4.69, 9.17) is 4.74 Å². The fraction of sp³-hybridized carbons (Fsp3) is 0.450. The van der Waals surface area contributed by atoms with Crippen molar-refractivity contribution in [2.24, 2.45) is 5.92 Å². The summed E-state index contributed by atoms with van der Waals surface area (Å²) in [4.78, 5) is 14.5. The van der Waals surface area contributed by atoms with E-state index in [1.54, 1.807) is 16.2 Å². The molecule has 1 amide bonds. The maximum absolute atomic E-state index is 12.8. The van der Waals surface area contributed by atoms with Gasteiger partial charge in [-0.15, -0.1) is 11.3 Å². The highest BCUT2D eigenvalue weighted by Gasteiger charge is 2.34. The first kappa shape index (κ1) is 16.6. The summed E-state index contributed by atoms with van der Waals surface area (Å²) >= 11 is 1.57. The quantitative estimate of drug-likeness (QED) is 0.862. The zero-order valence-electron chi connectivity index (χ0n) is 14.3. The van der Waals surface area contributed by atoms with Crippen molar-refractivity contribution in [1.82, 2.24) is 5.32 Å². The van der Waals surface area contributed by atoms with Gasteiger partial charge in [0, 0.05) is 12.1 Å². The van der Waals surface area contributed by atoms with E-state index in [1.807, 2.05) is 47.8 Å². The Bertz CT molecular complexity index is 677. The zero-order chi connectivity index (χ0) is 17.1. The van der Waals surface area contributed by atoms with Crippen molar-refractivity contribution in [3.8, 4) is 0 Å². The number of carbonyl (C=O) groups excluding carboxylic acids is 1. The van der Waals surface area contributed by atoms with Crippen LogP contribution >= 0.6 is 11.3 Å². The second-order valence-electron chi connectivity index (χ2n) is 7.08. The standard InChI is InChI=1S/C20H24N2O2S/c23-20(24-14-16-11-17-8-9-18(12-16)21-17)22(19-7-4-10-25-19)13-15-5-2-1-3-6-15/h1-7,10,16-18,21H,8-9,11-14H2. The number of nitrogens with one attached hydrogen (secondary N) is 1. The first-order chi connectivity index (χ1) is 12.3. The average molecular weight is 356 g/mol. The van der Waals surface area contributed by atoms with Crippen LogP contribution in [-0.4, -0.2) is 24.8 Å². The molecule has 2 bridgehead atoms. The molecule has 1 aromatic heterocycles. The van der Waals surface area contributed by atoms with Crippen molar-refractivity contribution in [3.63, 3.8) is 0 Å². The first-order valence-electron chi connectivity index (χ1n) is 9.05. The minimum atomic E-state index is -0.239. The third-order valence-electron chi connectivity index (χ3n) is 5.19. The Morgan fingerprint density at radius 2 is 1.88 bits per heavy atom. The summed E-state index contributed by atoms with van der Waals surface area (Å²) in [7, 11) is 0. The number of benzene rings is 1. The number of amides is 1. The molecular formula is C20H24N2O2S. The number of piperidine rings is 1. The lowest BCUT2D eigenvalue weighted by Gasteiger charge is -2.29. The lowest BCUT2D eigenvalue weighted by molar-refractivity contribution is 0.116. The Hall–Kier alpha value is -1.85. The summed E-state index contributed by atoms with van der Waals surface area (Å²) in [6.45, 7) is 1.07. The highest BCUT2D eigenvalue weighted by atomic mass is 32.1. The van der Waals surface area contributed by atoms with Crippen molar-refractivity contribution in [2.45, 2.75) is 44.3 Å². The molecule has 25 heavy (non-hydrogen) atoms. The molecule has 2 atom stereocenters. The molecule has 4 nitrogen and oxygen atoms in total. The van der Waals surface area contributed by atoms with Crippen molar-refractivity contribution in [1.29, 1.82) is 0 Å². The van der Waals surface area contributed by atoms with Gasteiger partial charge in [-0.25, -0.2) is 4.79 Å². The van der Waals surface area contributed by atoms with Crippen LogP contribution in [0.1, 0.15) is 31.2 Å². The molecule has 0 spiro atoms. The molecule has 132 valence electrons. The van der Waals surface area contributed by atoms with E-state index in [2.05, 4.69) is 5.32 Å². The van der Waals surface area contributed by atoms with Crippen LogP contribution in [0.4, 0.5) is 9.80 Å². The topological polar surface area (TPSA) is 41.6 Å². The largest absolute Gasteiger partial charge is 0.449 e. The zero-order valence-corrected chi connectivity index (χ0v) is 15.1. The smallest absolute Gasteiger partial charge is 0.415 e. The molecular weight excluding hydrogens is 332 g/mol. The van der Waals surface area contributed by atoms with Crippen LogP contribution in [0.15, 0.2) is 47.8 Å². The molecule has 0 saturated carbocycles. The van der Waals surface area contributed by atoms with E-state index >= 15 is 0 Å². The van der Waals surface area contributed by atoms with Crippen LogP contribution in [0.25, 0.3) is 0 Å². The van der Waals surface area contributed by atoms with Gasteiger partial charge in [0.05, 0.1) is 13.2 Å². The molecule has 5 heteroatoms. The van der Waals surface area contributed by atoms with Gasteiger partial charge >= 0.3 is 6.09 Å². The molecule has 1 aromatic carbocycles. The van der Waals surface area contributed by atoms with Gasteiger partial charge in [-0.2, -0.15) is 0 Å². The Labute approximate surface area is 152 Å². The number of hydrogen-bond acceptors (Lipinski definition) is 4. The summed E-state index contributed by atoms with van der Waals surface area (Å²) < 4.78 is 5.73. The Balaban J connectivity index is 1.39. The Kier molecular flexibility index (Phi) is 5.04. The van der Waals surface area contributed by atoms with Crippen LogP contribution in [-0.2, 0) is 11.3 Å². The van der Waals surface area contributed by atoms with Gasteiger partial charge < -0.3 is 10.1 Å². The number of ether oxygens (including phenoxy) is 1. The minimum absolute atomic E-state index is 0.239. The third kappa shape index (κ3) is 4.05. The highest BCUT2D eigenvalue weighted by Crippen LogP contribution is 2.31. The lowest BCUT2D eigenvalue weighted by atomic mass is 9.93. The van der Waals surface area contributed by atoms with E-state index in [0.29, 0.717) is 31.2 Å². The molecule has 0 radical (unpaired) electrons. The van der Waals surface area contributed by atoms with E-state index in [9.17, 15) is 4.79 Å². The van der Waals surface area contributed by atoms with E-state index < -0.39 is 0 Å². The predicted molar refractivity (Wildman–Crippen MR) is 101 cm³/mol. The second-order valence-corrected chi connectivity index (χ2v) is 8.00. The number of nitrogens with zero attached hydrogens (tertiary/aromatic N) is 1. The SMILES string of the molecule is O=C(OCC1CC2CCC(C1)N2)N(Cc1ccccc1)c1cccs1. The summed E-state index contributed by atoms with van der Waals surface area (Å²) in [6, 6.07) is 15.3. The molecule has 1 N–H and O–H groups in total. The average Bonchev–Trinajstić information content (AvgIpc) is 3.28. The summed E-state index contributed by atoms with van der Waals surface area (Å²) in [5.74, 6) is 0.490. The molecule has 3 heterocycles. The molecule has 0 aliphatic carbocycles. The maximum atomic E-state index is 12.8. The predicted octanol–water partition coefficient (Wildman–Crippen LogP) is 4.42. The van der Waals surface area contributed by atoms with Crippen molar-refractivity contribution in [3.05, 3.63) is 53.4 Å². The van der Waals surface area contributed by atoms with Gasteiger partial charge in [-0.05, 0) is 54.7 Å². The maximum Gasteiger partial charge on any atom is 0.415 e. The minimum Gasteiger partial charge on any atom is -0.449 e. The second kappa shape index (κ2) is 7.58. The number of fused-ring (bicyclic) bond motifs is 2. The normalized spacial score (nSPS) is 24.9. The Morgan fingerprint density at radius 3 is 2.56 bits per heavy atom. The monoisotopic (exact) mass is 356 g/mol. The number of carbonyl (C=O) groups is 1. The van der Waals surface area contributed by atoms with E-state index in [-0.39, 0.29) is 6.09 Å². The van der Waals surface area contributed by atoms with Crippen LogP contribution < -0.4 is 10.2 Å². The molecule has 2 aromatic rings. The Morgan fingerprint density at radius 1 is 1.12 bits per heavy atom. The molecule has 2 aliphatic heterocycles. The number of rotatable bonds is 5. The van der Waals surface area contributed by atoms with Crippen LogP contribution in [0.2, 0.25) is 0 Å². The van der Waals surface area contributed by atoms with Gasteiger partial charge in [0.1, 0.15) is 5.00 Å². The van der Waals surface area contributed by atoms with Gasteiger partial charge in [-0.3, -0.25) is 4.90 Å². The number of anilines is 1. The molecule has 2 fully saturated rings. The summed E-state index contributed by atoms with van der Waals surface area (Å²) in [5, 5.41) is 6.56. The van der Waals surface area contributed by atoms with Crippen molar-refractivity contribution >= 4 is 22.4 Å². The molecule has 2 unspecified atom stereocenters. The van der Waals surface area contributed by atoms with Crippen molar-refractivity contribution < 1.29 is 9.53 Å². The van der Waals surface area contributed by atoms with E-state index in [1.165, 1.54) is 12.8 Å². The fourth-order valence-corrected chi connectivity index (χ4v) is 4.72. The van der Waals surface area contributed by atoms with Crippen LogP contribution in [0.5, 0.6) is 0 Å². The molecule has 4 rings (SSSR count). The number of hydrogen-bond donors (Lipinski definition) is 1. The van der Waals surface area contributed by atoms with E-state index in [0.717, 1.165) is 23.4 Å². The molecule has 2 aliphatic rings. The van der Waals surface area contributed by atoms with Gasteiger partial charge in [-0.1, -0.05) is 30.3 Å². The molecule has 2 saturated heterocycles. The lowest BCUT2D eigenvalue weighted by Crippen LogP contribution is -2.40. The highest BCUT2D eigenvalue weighted by molar-refractivity contribution is 7.14. The van der Waals surface area contributed by atoms with Gasteiger partial charge in [0.25, 0.3) is 0 Å². The fourth-order valence-electron chi connectivity index (χ4n) is 4.00. The van der Waals surface area contributed by atoms with Gasteiger partial charge in [0.2, 0.25) is 0 Å². The van der Waals surface area contributed by atoms with Crippen LogP contribution in [0.3, 0.4) is 0 Å². The van der Waals surface area contributed by atoms with Gasteiger partial charge in [0.15, 0.2) is 0 Å². The van der Waals surface area contributed by atoms with Crippen LogP contribution in [0, 0.1) is 5.92 Å². The summed E-state index contributed by atoms with van der Waals surface area (Å²) in [6.07, 6.45) is 4.55. The third-order valence-corrected chi connectivity index (χ3v) is 6.08. The first-order valence-corrected chi connectivity index (χ1v) is 9.93.